The van der Waals surface area contributed by atoms with Crippen molar-refractivity contribution >= 4 is 69.4 Å². The molecule has 2 amide bonds. The Labute approximate surface area is 191 Å². The summed E-state index contributed by atoms with van der Waals surface area (Å²) in [7, 11) is 0. The Kier molecular flexibility index (Phi) is 5.97. The summed E-state index contributed by atoms with van der Waals surface area (Å²) in [5.74, 6) is 0.234. The highest BCUT2D eigenvalue weighted by atomic mass is 35.5. The van der Waals surface area contributed by atoms with Gasteiger partial charge in [-0.15, -0.1) is 0 Å². The third-order valence-corrected chi connectivity index (χ3v) is 5.95. The molecule has 1 aromatic heterocycles. The molecule has 0 saturated carbocycles. The molecule has 0 radical (unpaired) electrons. The van der Waals surface area contributed by atoms with Crippen LogP contribution in [0.2, 0.25) is 10.0 Å². The molecule has 150 valence electrons. The molecule has 9 heteroatoms. The summed E-state index contributed by atoms with van der Waals surface area (Å²) >= 11 is 18.1. The van der Waals surface area contributed by atoms with E-state index in [1.54, 1.807) is 54.6 Å². The second-order valence-corrected chi connectivity index (χ2v) is 8.72. The van der Waals surface area contributed by atoms with E-state index >= 15 is 0 Å². The highest BCUT2D eigenvalue weighted by Crippen LogP contribution is 2.33. The van der Waals surface area contributed by atoms with Gasteiger partial charge in [-0.1, -0.05) is 35.0 Å². The van der Waals surface area contributed by atoms with E-state index in [2.05, 4.69) is 5.43 Å². The zero-order valence-corrected chi connectivity index (χ0v) is 18.2. The molecule has 5 nitrogen and oxygen atoms in total. The zero-order valence-electron chi connectivity index (χ0n) is 15.1. The van der Waals surface area contributed by atoms with Gasteiger partial charge in [0.25, 0.3) is 11.8 Å². The molecule has 1 saturated heterocycles. The van der Waals surface area contributed by atoms with Crippen molar-refractivity contribution in [1.29, 1.82) is 0 Å². The molecule has 2 aromatic carbocycles. The first kappa shape index (κ1) is 20.7. The van der Waals surface area contributed by atoms with Crippen molar-refractivity contribution in [2.75, 3.05) is 0 Å². The number of hydrogen-bond acceptors (Lipinski definition) is 5. The molecule has 1 aliphatic heterocycles. The summed E-state index contributed by atoms with van der Waals surface area (Å²) in [5.41, 5.74) is 3.74. The SMILES string of the molecule is O=C(NN1C(=O)/C(=C\c2ccc(-c3ccc(Cl)cc3)o2)SC1=S)c1ccc(Cl)cc1. The lowest BCUT2D eigenvalue weighted by molar-refractivity contribution is -0.123. The van der Waals surface area contributed by atoms with Crippen LogP contribution in [0.5, 0.6) is 0 Å². The molecular weight excluding hydrogens is 463 g/mol. The third-order valence-electron chi connectivity index (χ3n) is 4.14. The van der Waals surface area contributed by atoms with Gasteiger partial charge in [-0.2, -0.15) is 5.01 Å². The Hall–Kier alpha value is -2.58. The number of furan rings is 1. The fourth-order valence-corrected chi connectivity index (χ4v) is 4.07. The van der Waals surface area contributed by atoms with Gasteiger partial charge in [0.05, 0.1) is 4.91 Å². The molecule has 0 spiro atoms. The van der Waals surface area contributed by atoms with Crippen LogP contribution in [-0.2, 0) is 4.79 Å². The first-order valence-corrected chi connectivity index (χ1v) is 10.6. The maximum absolute atomic E-state index is 12.7. The predicted octanol–water partition coefficient (Wildman–Crippen LogP) is 5.80. The van der Waals surface area contributed by atoms with Crippen molar-refractivity contribution in [3.05, 3.63) is 86.9 Å². The highest BCUT2D eigenvalue weighted by Gasteiger charge is 2.34. The van der Waals surface area contributed by atoms with E-state index in [9.17, 15) is 9.59 Å². The largest absolute Gasteiger partial charge is 0.457 e. The number of carbonyl (C=O) groups is 2. The van der Waals surface area contributed by atoms with E-state index in [1.165, 1.54) is 0 Å². The third kappa shape index (κ3) is 4.44. The van der Waals surface area contributed by atoms with Crippen molar-refractivity contribution in [2.24, 2.45) is 0 Å². The van der Waals surface area contributed by atoms with Crippen LogP contribution in [0, 0.1) is 0 Å². The lowest BCUT2D eigenvalue weighted by Crippen LogP contribution is -2.44. The number of nitrogens with zero attached hydrogens (tertiary/aromatic N) is 1. The number of thiocarbonyl (C=S) groups is 1. The van der Waals surface area contributed by atoms with Gasteiger partial charge >= 0.3 is 0 Å². The molecule has 2 heterocycles. The van der Waals surface area contributed by atoms with Crippen molar-refractivity contribution < 1.29 is 14.0 Å². The number of hydrogen-bond donors (Lipinski definition) is 1. The quantitative estimate of drug-likeness (QED) is 0.382. The van der Waals surface area contributed by atoms with Crippen molar-refractivity contribution in [2.45, 2.75) is 0 Å². The topological polar surface area (TPSA) is 62.6 Å². The van der Waals surface area contributed by atoms with Crippen LogP contribution < -0.4 is 5.43 Å². The Morgan fingerprint density at radius 1 is 1.00 bits per heavy atom. The number of hydrazine groups is 1. The van der Waals surface area contributed by atoms with Crippen LogP contribution in [0.15, 0.2) is 70.0 Å². The molecule has 1 fully saturated rings. The summed E-state index contributed by atoms with van der Waals surface area (Å²) in [5, 5.41) is 2.19. The monoisotopic (exact) mass is 474 g/mol. The summed E-state index contributed by atoms with van der Waals surface area (Å²) < 4.78 is 6.03. The van der Waals surface area contributed by atoms with Gasteiger partial charge in [-0.3, -0.25) is 15.0 Å². The first-order chi connectivity index (χ1) is 14.4. The Balaban J connectivity index is 1.49. The molecule has 0 bridgehead atoms. The average molecular weight is 475 g/mol. The zero-order chi connectivity index (χ0) is 21.3. The highest BCUT2D eigenvalue weighted by molar-refractivity contribution is 8.26. The number of carbonyl (C=O) groups excluding carboxylic acids is 2. The predicted molar refractivity (Wildman–Crippen MR) is 123 cm³/mol. The van der Waals surface area contributed by atoms with E-state index in [4.69, 9.17) is 39.8 Å². The van der Waals surface area contributed by atoms with Crippen molar-refractivity contribution in [3.63, 3.8) is 0 Å². The average Bonchev–Trinajstić information content (AvgIpc) is 3.29. The maximum atomic E-state index is 12.7. The molecule has 30 heavy (non-hydrogen) atoms. The minimum atomic E-state index is -0.466. The van der Waals surface area contributed by atoms with Gasteiger partial charge in [0.2, 0.25) is 0 Å². The number of amides is 2. The Bertz CT molecular complexity index is 1170. The minimum Gasteiger partial charge on any atom is -0.457 e. The summed E-state index contributed by atoms with van der Waals surface area (Å²) in [6.45, 7) is 0. The van der Waals surface area contributed by atoms with Gasteiger partial charge in [0.15, 0.2) is 4.32 Å². The lowest BCUT2D eigenvalue weighted by atomic mass is 10.2. The van der Waals surface area contributed by atoms with Crippen LogP contribution in [0.1, 0.15) is 16.1 Å². The van der Waals surface area contributed by atoms with Crippen LogP contribution in [0.3, 0.4) is 0 Å². The lowest BCUT2D eigenvalue weighted by Gasteiger charge is -2.15. The van der Waals surface area contributed by atoms with Crippen LogP contribution in [0.25, 0.3) is 17.4 Å². The molecule has 3 aromatic rings. The number of benzene rings is 2. The molecule has 4 rings (SSSR count). The normalized spacial score (nSPS) is 15.1. The first-order valence-electron chi connectivity index (χ1n) is 8.61. The van der Waals surface area contributed by atoms with Gasteiger partial charge in [0.1, 0.15) is 11.5 Å². The van der Waals surface area contributed by atoms with Crippen LogP contribution in [-0.4, -0.2) is 21.1 Å². The Morgan fingerprint density at radius 3 is 2.30 bits per heavy atom. The van der Waals surface area contributed by atoms with Gasteiger partial charge in [-0.25, -0.2) is 0 Å². The summed E-state index contributed by atoms with van der Waals surface area (Å²) in [6, 6.07) is 17.1. The van der Waals surface area contributed by atoms with E-state index in [0.717, 1.165) is 22.3 Å². The molecule has 0 atom stereocenters. The molecule has 1 aliphatic rings. The fraction of sp³-hybridized carbons (Fsp3) is 0. The van der Waals surface area contributed by atoms with Crippen LogP contribution >= 0.6 is 47.2 Å². The molecule has 1 N–H and O–H groups in total. The molecule has 0 aliphatic carbocycles. The van der Waals surface area contributed by atoms with E-state index < -0.39 is 11.8 Å². The number of nitrogens with one attached hydrogen (secondary N) is 1. The molecule has 0 unspecified atom stereocenters. The Morgan fingerprint density at radius 2 is 1.63 bits per heavy atom. The summed E-state index contributed by atoms with van der Waals surface area (Å²) in [6.07, 6.45) is 1.59. The van der Waals surface area contributed by atoms with Crippen LogP contribution in [0.4, 0.5) is 0 Å². The minimum absolute atomic E-state index is 0.220. The van der Waals surface area contributed by atoms with Crippen molar-refractivity contribution in [3.8, 4) is 11.3 Å². The summed E-state index contributed by atoms with van der Waals surface area (Å²) in [4.78, 5) is 25.4. The van der Waals surface area contributed by atoms with E-state index in [-0.39, 0.29) is 4.32 Å². The standard InChI is InChI=1S/C21H12Cl2N2O3S2/c22-14-5-1-12(2-6-14)17-10-9-16(28-17)11-18-20(27)25(21(29)30-18)24-19(26)13-3-7-15(23)8-4-13/h1-11H,(H,24,26)/b18-11+. The van der Waals surface area contributed by atoms with E-state index in [1.807, 2.05) is 12.1 Å². The number of thioether (sulfide) groups is 1. The fourth-order valence-electron chi connectivity index (χ4n) is 2.66. The number of halogens is 2. The molecular formula is C21H12Cl2N2O3S2. The number of rotatable bonds is 4. The van der Waals surface area contributed by atoms with Gasteiger partial charge in [0, 0.05) is 27.2 Å². The second-order valence-electron chi connectivity index (χ2n) is 6.17. The second kappa shape index (κ2) is 8.65. The van der Waals surface area contributed by atoms with Gasteiger partial charge < -0.3 is 4.42 Å². The van der Waals surface area contributed by atoms with Gasteiger partial charge in [-0.05, 0) is 72.9 Å². The maximum Gasteiger partial charge on any atom is 0.285 e. The van der Waals surface area contributed by atoms with Crippen molar-refractivity contribution in [1.82, 2.24) is 10.4 Å². The smallest absolute Gasteiger partial charge is 0.285 e. The van der Waals surface area contributed by atoms with E-state index in [0.29, 0.717) is 32.0 Å².